The zero-order valence-corrected chi connectivity index (χ0v) is 29.1. The third-order valence-electron chi connectivity index (χ3n) is 7.48. The molecule has 4 rings (SSSR count). The van der Waals surface area contributed by atoms with Crippen molar-refractivity contribution in [3.05, 3.63) is 30.6 Å². The maximum atomic E-state index is 12.2. The summed E-state index contributed by atoms with van der Waals surface area (Å²) < 4.78 is 39.6. The first-order chi connectivity index (χ1) is 25.1. The molecular weight excluding hydrogens is 666 g/mol. The molecular formula is C34H51N7O10. The van der Waals surface area contributed by atoms with E-state index in [4.69, 9.17) is 49.1 Å². The van der Waals surface area contributed by atoms with Gasteiger partial charge in [-0.1, -0.05) is 0 Å². The van der Waals surface area contributed by atoms with Crippen LogP contribution >= 0.6 is 0 Å². The average molecular weight is 718 g/mol. The fourth-order valence-corrected chi connectivity index (χ4v) is 4.98. The number of carbonyl (C=O) groups is 1. The van der Waals surface area contributed by atoms with Gasteiger partial charge in [-0.15, -0.1) is 0 Å². The summed E-state index contributed by atoms with van der Waals surface area (Å²) >= 11 is 0. The molecule has 1 aromatic carbocycles. The topological polar surface area (TPSA) is 220 Å². The van der Waals surface area contributed by atoms with Crippen molar-refractivity contribution in [2.45, 2.75) is 25.8 Å². The number of H-pyrrole nitrogens is 1. The molecule has 0 aliphatic carbocycles. The molecule has 0 spiro atoms. The number of nitrogens with one attached hydrogen (secondary N) is 2. The number of amides is 1. The fraction of sp³-hybridized carbons (Fsp3) is 0.588. The number of hydrogen-bond acceptors (Lipinski definition) is 14. The minimum atomic E-state index is -0.0684. The van der Waals surface area contributed by atoms with E-state index >= 15 is 0 Å². The van der Waals surface area contributed by atoms with Gasteiger partial charge in [0.25, 0.3) is 0 Å². The molecule has 3 aromatic heterocycles. The Morgan fingerprint density at radius 3 is 1.98 bits per heavy atom. The second kappa shape index (κ2) is 23.5. The number of carbonyl (C=O) groups excluding carboxylic acids is 1. The Hall–Kier alpha value is -3.94. The third-order valence-corrected chi connectivity index (χ3v) is 7.48. The van der Waals surface area contributed by atoms with Crippen molar-refractivity contribution in [3.63, 3.8) is 0 Å². The number of benzene rings is 1. The predicted octanol–water partition coefficient (Wildman–Crippen LogP) is 1.66. The number of hydrogen-bond donors (Lipinski definition) is 5. The molecule has 0 saturated heterocycles. The third kappa shape index (κ3) is 14.3. The standard InChI is InChI=1S/C34H51N7O10/c35-33-31-32(29-24-26-23-27(43)3-4-28(26)39-29)40-41(34(31)38-25-37-33)7-2-1-6-36-30(44)5-9-45-11-13-47-15-17-49-19-21-51-22-20-50-18-16-48-14-12-46-10-8-42/h3-4,23-25,39,42-43H,1-2,5-22H2,(H,36,44)(H2,35,37,38). The lowest BCUT2D eigenvalue weighted by Crippen LogP contribution is -2.26. The van der Waals surface area contributed by atoms with Gasteiger partial charge in [-0.3, -0.25) is 4.79 Å². The Morgan fingerprint density at radius 2 is 1.37 bits per heavy atom. The Morgan fingerprint density at radius 1 is 0.784 bits per heavy atom. The quantitative estimate of drug-likeness (QED) is 0.0505. The Kier molecular flexibility index (Phi) is 18.4. The van der Waals surface area contributed by atoms with Crippen LogP contribution in [0.1, 0.15) is 19.3 Å². The van der Waals surface area contributed by atoms with Gasteiger partial charge in [0.1, 0.15) is 23.6 Å². The average Bonchev–Trinajstić information content (AvgIpc) is 3.72. The minimum Gasteiger partial charge on any atom is -0.508 e. The molecule has 3 heterocycles. The van der Waals surface area contributed by atoms with Crippen LogP contribution in [-0.4, -0.2) is 147 Å². The highest BCUT2D eigenvalue weighted by atomic mass is 16.6. The Labute approximate surface area is 296 Å². The Bertz CT molecular complexity index is 1570. The Balaban J connectivity index is 0.953. The normalized spacial score (nSPS) is 11.6. The summed E-state index contributed by atoms with van der Waals surface area (Å²) in [7, 11) is 0. The van der Waals surface area contributed by atoms with E-state index in [-0.39, 0.29) is 24.7 Å². The van der Waals surface area contributed by atoms with E-state index in [9.17, 15) is 9.90 Å². The predicted molar refractivity (Wildman–Crippen MR) is 188 cm³/mol. The lowest BCUT2D eigenvalue weighted by Gasteiger charge is -2.08. The summed E-state index contributed by atoms with van der Waals surface area (Å²) in [6, 6.07) is 7.03. The lowest BCUT2D eigenvalue weighted by molar-refractivity contribution is -0.122. The van der Waals surface area contributed by atoms with E-state index in [0.29, 0.717) is 128 Å². The largest absolute Gasteiger partial charge is 0.508 e. The van der Waals surface area contributed by atoms with E-state index in [1.807, 2.05) is 16.8 Å². The summed E-state index contributed by atoms with van der Waals surface area (Å²) in [5, 5.41) is 27.7. The van der Waals surface area contributed by atoms with Crippen molar-refractivity contribution in [2.75, 3.05) is 111 Å². The molecule has 17 nitrogen and oxygen atoms in total. The maximum absolute atomic E-state index is 12.2. The molecule has 17 heteroatoms. The number of phenolic OH excluding ortho intramolecular Hbond substituents is 1. The molecule has 0 fully saturated rings. The number of phenols is 1. The van der Waals surface area contributed by atoms with Crippen LogP contribution in [0.15, 0.2) is 30.6 Å². The van der Waals surface area contributed by atoms with Gasteiger partial charge in [-0.25, -0.2) is 14.6 Å². The fourth-order valence-electron chi connectivity index (χ4n) is 4.98. The highest BCUT2D eigenvalue weighted by molar-refractivity contribution is 6.00. The maximum Gasteiger partial charge on any atom is 0.222 e. The molecule has 0 atom stereocenters. The van der Waals surface area contributed by atoms with Gasteiger partial charge in [-0.2, -0.15) is 5.10 Å². The van der Waals surface area contributed by atoms with Crippen LogP contribution in [-0.2, 0) is 44.5 Å². The lowest BCUT2D eigenvalue weighted by atomic mass is 10.2. The molecule has 6 N–H and O–H groups in total. The number of nitrogens with two attached hydrogens (primary N) is 1. The summed E-state index contributed by atoms with van der Waals surface area (Å²) in [5.74, 6) is 0.456. The number of rotatable bonds is 29. The van der Waals surface area contributed by atoms with E-state index in [1.54, 1.807) is 12.1 Å². The van der Waals surface area contributed by atoms with Gasteiger partial charge in [0, 0.05) is 30.4 Å². The highest BCUT2D eigenvalue weighted by Gasteiger charge is 2.18. The molecule has 0 aliphatic heterocycles. The van der Waals surface area contributed by atoms with Crippen LogP contribution in [0, 0.1) is 0 Å². The number of nitrogen functional groups attached to an aromatic ring is 1. The number of fused-ring (bicyclic) bond motifs is 2. The summed E-state index contributed by atoms with van der Waals surface area (Å²) in [4.78, 5) is 24.1. The van der Waals surface area contributed by atoms with E-state index in [2.05, 4.69) is 20.3 Å². The van der Waals surface area contributed by atoms with E-state index in [0.717, 1.165) is 29.4 Å². The molecule has 282 valence electrons. The number of aromatic amines is 1. The summed E-state index contributed by atoms with van der Waals surface area (Å²) in [6.45, 7) is 7.30. The van der Waals surface area contributed by atoms with Crippen LogP contribution in [0.3, 0.4) is 0 Å². The zero-order chi connectivity index (χ0) is 35.9. The van der Waals surface area contributed by atoms with Gasteiger partial charge in [0.05, 0.1) is 110 Å². The van der Waals surface area contributed by atoms with Crippen LogP contribution < -0.4 is 11.1 Å². The van der Waals surface area contributed by atoms with Crippen LogP contribution in [0.4, 0.5) is 5.82 Å². The number of nitrogens with zero attached hydrogens (tertiary/aromatic N) is 4. The number of unbranched alkanes of at least 4 members (excludes halogenated alkanes) is 1. The number of ether oxygens (including phenoxy) is 7. The van der Waals surface area contributed by atoms with Crippen molar-refractivity contribution >= 4 is 33.7 Å². The van der Waals surface area contributed by atoms with Crippen molar-refractivity contribution in [3.8, 4) is 17.1 Å². The number of aryl methyl sites for hydroxylation is 1. The first kappa shape index (κ1) is 39.8. The molecule has 1 amide bonds. The smallest absolute Gasteiger partial charge is 0.222 e. The monoisotopic (exact) mass is 717 g/mol. The van der Waals surface area contributed by atoms with E-state index in [1.165, 1.54) is 6.33 Å². The van der Waals surface area contributed by atoms with Crippen LogP contribution in [0.5, 0.6) is 5.75 Å². The van der Waals surface area contributed by atoms with Gasteiger partial charge in [0.2, 0.25) is 5.91 Å². The number of aromatic nitrogens is 5. The molecule has 0 radical (unpaired) electrons. The second-order valence-corrected chi connectivity index (χ2v) is 11.3. The number of aromatic hydroxyl groups is 1. The molecule has 0 saturated carbocycles. The molecule has 51 heavy (non-hydrogen) atoms. The molecule has 0 bridgehead atoms. The van der Waals surface area contributed by atoms with Crippen LogP contribution in [0.2, 0.25) is 0 Å². The number of aliphatic hydroxyl groups excluding tert-OH is 1. The molecule has 0 aliphatic rings. The van der Waals surface area contributed by atoms with E-state index < -0.39 is 0 Å². The second-order valence-electron chi connectivity index (χ2n) is 11.3. The first-order valence-electron chi connectivity index (χ1n) is 17.3. The van der Waals surface area contributed by atoms with Crippen molar-refractivity contribution < 1.29 is 48.2 Å². The van der Waals surface area contributed by atoms with Gasteiger partial charge in [0.15, 0.2) is 5.65 Å². The first-order valence-corrected chi connectivity index (χ1v) is 17.3. The number of anilines is 1. The van der Waals surface area contributed by atoms with Gasteiger partial charge >= 0.3 is 0 Å². The SMILES string of the molecule is Nc1ncnc2c1c(-c1cc3cc(O)ccc3[nH]1)nn2CCCCNC(=O)CCOCCOCCOCCOCCOCCOCCOCCO. The summed E-state index contributed by atoms with van der Waals surface area (Å²) in [6.07, 6.45) is 3.22. The minimum absolute atomic E-state index is 0.0141. The number of aliphatic hydroxyl groups is 1. The van der Waals surface area contributed by atoms with Gasteiger partial charge < -0.3 is 59.4 Å². The molecule has 4 aromatic rings. The highest BCUT2D eigenvalue weighted by Crippen LogP contribution is 2.32. The van der Waals surface area contributed by atoms with Gasteiger partial charge in [-0.05, 0) is 37.1 Å². The van der Waals surface area contributed by atoms with Crippen molar-refractivity contribution in [2.24, 2.45) is 0 Å². The van der Waals surface area contributed by atoms with Crippen molar-refractivity contribution in [1.82, 2.24) is 30.0 Å². The van der Waals surface area contributed by atoms with Crippen molar-refractivity contribution in [1.29, 1.82) is 0 Å². The molecule has 0 unspecified atom stereocenters. The zero-order valence-electron chi connectivity index (χ0n) is 29.1. The van der Waals surface area contributed by atoms with Crippen LogP contribution in [0.25, 0.3) is 33.3 Å². The summed E-state index contributed by atoms with van der Waals surface area (Å²) in [5.41, 5.74) is 9.13.